The van der Waals surface area contributed by atoms with Gasteiger partial charge in [-0.15, -0.1) is 0 Å². The molecule has 1 fully saturated rings. The average Bonchev–Trinajstić information content (AvgIpc) is 2.47. The number of nitrogens with one attached hydrogen (secondary N) is 1. The molecule has 0 atom stereocenters. The minimum absolute atomic E-state index is 0.111. The van der Waals surface area contributed by atoms with Crippen molar-refractivity contribution in [3.05, 3.63) is 44.7 Å². The molecule has 5 nitrogen and oxygen atoms in total. The largest absolute Gasteiger partial charge is 0.422 e. The molecule has 1 aliphatic rings. The topological polar surface area (TPSA) is 55.0 Å². The predicted octanol–water partition coefficient (Wildman–Crippen LogP) is 0.526. The van der Waals surface area contributed by atoms with E-state index in [1.165, 1.54) is 4.90 Å². The smallest absolute Gasteiger partial charge is 0.349 e. The second kappa shape index (κ2) is 5.61. The lowest BCUT2D eigenvalue weighted by atomic mass is 10.1. The molecule has 110 valence electrons. The Morgan fingerprint density at radius 2 is 2.00 bits per heavy atom. The number of fused-ring (bicyclic) bond motifs is 1. The molecule has 0 spiro atoms. The Hall–Kier alpha value is -1.66. The summed E-state index contributed by atoms with van der Waals surface area (Å²) in [4.78, 5) is 27.7. The molecule has 1 aromatic carbocycles. The molecule has 3 rings (SSSR count). The number of benzene rings is 1. The Kier molecular flexibility index (Phi) is 3.82. The fourth-order valence-electron chi connectivity index (χ4n) is 2.51. The van der Waals surface area contributed by atoms with Crippen LogP contribution >= 0.6 is 15.9 Å². The van der Waals surface area contributed by atoms with Crippen LogP contribution in [0.1, 0.15) is 10.4 Å². The molecular formula is C15H16BrN2O3+. The highest BCUT2D eigenvalue weighted by Gasteiger charge is 2.25. The first-order valence-corrected chi connectivity index (χ1v) is 7.68. The molecule has 0 saturated carbocycles. The molecule has 0 radical (unpaired) electrons. The van der Waals surface area contributed by atoms with E-state index in [1.54, 1.807) is 23.1 Å². The number of carbonyl (C=O) groups is 1. The molecule has 1 aliphatic heterocycles. The van der Waals surface area contributed by atoms with E-state index >= 15 is 0 Å². The van der Waals surface area contributed by atoms with Gasteiger partial charge in [0, 0.05) is 9.86 Å². The van der Waals surface area contributed by atoms with E-state index in [-0.39, 0.29) is 11.5 Å². The lowest BCUT2D eigenvalue weighted by Crippen LogP contribution is -3.12. The van der Waals surface area contributed by atoms with Gasteiger partial charge in [-0.3, -0.25) is 4.79 Å². The number of halogens is 1. The third-order valence-corrected chi connectivity index (χ3v) is 4.32. The summed E-state index contributed by atoms with van der Waals surface area (Å²) in [6, 6.07) is 6.98. The van der Waals surface area contributed by atoms with E-state index in [2.05, 4.69) is 23.0 Å². The van der Waals surface area contributed by atoms with Gasteiger partial charge in [-0.1, -0.05) is 15.9 Å². The van der Waals surface area contributed by atoms with Gasteiger partial charge in [-0.05, 0) is 24.3 Å². The molecule has 1 aromatic heterocycles. The maximum Gasteiger partial charge on any atom is 0.349 e. The van der Waals surface area contributed by atoms with Crippen LogP contribution in [-0.2, 0) is 0 Å². The van der Waals surface area contributed by atoms with E-state index in [0.29, 0.717) is 18.7 Å². The number of amides is 1. The van der Waals surface area contributed by atoms with Crippen molar-refractivity contribution in [3.8, 4) is 0 Å². The average molecular weight is 352 g/mol. The number of rotatable bonds is 1. The Morgan fingerprint density at radius 3 is 2.71 bits per heavy atom. The molecule has 1 N–H and O–H groups in total. The van der Waals surface area contributed by atoms with Crippen LogP contribution in [0.25, 0.3) is 11.0 Å². The van der Waals surface area contributed by atoms with Gasteiger partial charge in [0.25, 0.3) is 5.91 Å². The minimum atomic E-state index is -0.568. The third-order valence-electron chi connectivity index (χ3n) is 3.83. The number of likely N-dealkylation sites (N-methyl/N-ethyl adjacent to an activating group) is 1. The lowest BCUT2D eigenvalue weighted by Gasteiger charge is -2.29. The van der Waals surface area contributed by atoms with Crippen molar-refractivity contribution in [2.24, 2.45) is 0 Å². The van der Waals surface area contributed by atoms with Crippen molar-refractivity contribution in [3.63, 3.8) is 0 Å². The van der Waals surface area contributed by atoms with Crippen molar-refractivity contribution in [2.75, 3.05) is 33.2 Å². The monoisotopic (exact) mass is 351 g/mol. The fraction of sp³-hybridized carbons (Fsp3) is 0.333. The van der Waals surface area contributed by atoms with Crippen LogP contribution in [-0.4, -0.2) is 44.0 Å². The molecule has 1 amide bonds. The van der Waals surface area contributed by atoms with Gasteiger partial charge in [0.2, 0.25) is 0 Å². The van der Waals surface area contributed by atoms with Crippen LogP contribution in [0.15, 0.2) is 37.9 Å². The van der Waals surface area contributed by atoms with Gasteiger partial charge in [0.05, 0.1) is 33.2 Å². The Bertz CT molecular complexity index is 748. The van der Waals surface area contributed by atoms with Gasteiger partial charge in [-0.25, -0.2) is 4.79 Å². The summed E-state index contributed by atoms with van der Waals surface area (Å²) in [5.74, 6) is -0.238. The second-order valence-corrected chi connectivity index (χ2v) is 6.29. The predicted molar refractivity (Wildman–Crippen MR) is 82.7 cm³/mol. The molecular weight excluding hydrogens is 336 g/mol. The molecule has 2 heterocycles. The van der Waals surface area contributed by atoms with Crippen LogP contribution in [0.5, 0.6) is 0 Å². The van der Waals surface area contributed by atoms with Crippen LogP contribution in [0.3, 0.4) is 0 Å². The number of carbonyl (C=O) groups excluding carboxylic acids is 1. The standard InChI is InChI=1S/C15H15BrN2O3/c1-17-4-6-18(7-5-17)14(19)12-9-10-8-11(16)2-3-13(10)21-15(12)20/h2-3,8-9H,4-7H2,1H3/p+1. The summed E-state index contributed by atoms with van der Waals surface area (Å²) < 4.78 is 6.13. The van der Waals surface area contributed by atoms with Crippen LogP contribution in [0.2, 0.25) is 0 Å². The van der Waals surface area contributed by atoms with E-state index < -0.39 is 5.63 Å². The zero-order valence-corrected chi connectivity index (χ0v) is 13.3. The quantitative estimate of drug-likeness (QED) is 0.762. The number of piperazine rings is 1. The summed E-state index contributed by atoms with van der Waals surface area (Å²) in [6.45, 7) is 3.13. The first kappa shape index (κ1) is 14.3. The molecule has 0 unspecified atom stereocenters. The maximum atomic E-state index is 12.5. The van der Waals surface area contributed by atoms with Crippen LogP contribution < -0.4 is 10.5 Å². The van der Waals surface area contributed by atoms with E-state index in [4.69, 9.17) is 4.42 Å². The second-order valence-electron chi connectivity index (χ2n) is 5.38. The molecule has 2 aromatic rings. The third kappa shape index (κ3) is 2.87. The Labute approximate surface area is 130 Å². The summed E-state index contributed by atoms with van der Waals surface area (Å²) in [5, 5.41) is 0.743. The molecule has 0 bridgehead atoms. The highest BCUT2D eigenvalue weighted by molar-refractivity contribution is 9.10. The molecule has 0 aliphatic carbocycles. The van der Waals surface area contributed by atoms with Crippen molar-refractivity contribution >= 4 is 32.8 Å². The summed E-state index contributed by atoms with van der Waals surface area (Å²) in [7, 11) is 2.10. The first-order chi connectivity index (χ1) is 10.0. The molecule has 21 heavy (non-hydrogen) atoms. The number of hydrogen-bond donors (Lipinski definition) is 1. The van der Waals surface area contributed by atoms with Crippen LogP contribution in [0, 0.1) is 0 Å². The van der Waals surface area contributed by atoms with Crippen molar-refractivity contribution < 1.29 is 14.1 Å². The summed E-state index contributed by atoms with van der Waals surface area (Å²) in [6.07, 6.45) is 0. The minimum Gasteiger partial charge on any atom is -0.422 e. The zero-order valence-electron chi connectivity index (χ0n) is 11.7. The number of hydrogen-bond acceptors (Lipinski definition) is 3. The van der Waals surface area contributed by atoms with Gasteiger partial charge in [-0.2, -0.15) is 0 Å². The van der Waals surface area contributed by atoms with Gasteiger partial charge in [0.15, 0.2) is 0 Å². The highest BCUT2D eigenvalue weighted by atomic mass is 79.9. The molecule has 1 saturated heterocycles. The first-order valence-electron chi connectivity index (χ1n) is 6.88. The number of quaternary nitrogens is 1. The lowest BCUT2D eigenvalue weighted by molar-refractivity contribution is -0.883. The van der Waals surface area contributed by atoms with Crippen molar-refractivity contribution in [2.45, 2.75) is 0 Å². The van der Waals surface area contributed by atoms with E-state index in [9.17, 15) is 9.59 Å². The van der Waals surface area contributed by atoms with Crippen molar-refractivity contribution in [1.29, 1.82) is 0 Å². The number of nitrogens with zero attached hydrogens (tertiary/aromatic N) is 1. The maximum absolute atomic E-state index is 12.5. The fourth-order valence-corrected chi connectivity index (χ4v) is 2.88. The Morgan fingerprint density at radius 1 is 1.29 bits per heavy atom. The van der Waals surface area contributed by atoms with Gasteiger partial charge in [0.1, 0.15) is 11.1 Å². The Balaban J connectivity index is 1.97. The summed E-state index contributed by atoms with van der Waals surface area (Å²) >= 11 is 3.38. The van der Waals surface area contributed by atoms with Gasteiger partial charge < -0.3 is 14.2 Å². The van der Waals surface area contributed by atoms with Crippen LogP contribution in [0.4, 0.5) is 0 Å². The SMILES string of the molecule is C[NH+]1CCN(C(=O)c2cc3cc(Br)ccc3oc2=O)CC1. The van der Waals surface area contributed by atoms with Crippen molar-refractivity contribution in [1.82, 2.24) is 4.90 Å². The highest BCUT2D eigenvalue weighted by Crippen LogP contribution is 2.19. The molecule has 6 heteroatoms. The zero-order chi connectivity index (χ0) is 15.0. The van der Waals surface area contributed by atoms with E-state index in [0.717, 1.165) is 22.9 Å². The summed E-state index contributed by atoms with van der Waals surface area (Å²) in [5.41, 5.74) is 0.0313. The van der Waals surface area contributed by atoms with Gasteiger partial charge >= 0.3 is 5.63 Å². The van der Waals surface area contributed by atoms with E-state index in [1.807, 2.05) is 6.07 Å². The normalized spacial score (nSPS) is 16.4.